The van der Waals surface area contributed by atoms with Gasteiger partial charge in [-0.1, -0.05) is 0 Å². The number of carbonyl (C=O) groups is 1. The zero-order valence-electron chi connectivity index (χ0n) is 11.6. The Labute approximate surface area is 114 Å². The molecule has 2 unspecified atom stereocenters. The van der Waals surface area contributed by atoms with Gasteiger partial charge in [-0.3, -0.25) is 4.79 Å². The second-order valence-corrected chi connectivity index (χ2v) is 5.49. The van der Waals surface area contributed by atoms with Crippen molar-refractivity contribution in [3.05, 3.63) is 29.3 Å². The van der Waals surface area contributed by atoms with E-state index >= 15 is 0 Å². The lowest BCUT2D eigenvalue weighted by atomic mass is 9.93. The Balaban J connectivity index is 2.19. The zero-order valence-corrected chi connectivity index (χ0v) is 11.6. The third-order valence-corrected chi connectivity index (χ3v) is 4.02. The summed E-state index contributed by atoms with van der Waals surface area (Å²) in [7, 11) is 0. The van der Waals surface area contributed by atoms with Crippen molar-refractivity contribution in [2.45, 2.75) is 32.7 Å². The van der Waals surface area contributed by atoms with E-state index in [1.807, 2.05) is 4.90 Å². The number of hydrogen-bond acceptors (Lipinski definition) is 3. The third-order valence-electron chi connectivity index (χ3n) is 4.02. The maximum Gasteiger partial charge on any atom is 0.254 e. The molecule has 1 heterocycles. The van der Waals surface area contributed by atoms with E-state index in [2.05, 4.69) is 6.92 Å². The molecule has 1 aliphatic rings. The molecule has 1 aliphatic heterocycles. The molecule has 1 fully saturated rings. The number of aromatic hydroxyl groups is 1. The second kappa shape index (κ2) is 5.61. The number of aryl methyl sites for hydroxylation is 1. The van der Waals surface area contributed by atoms with E-state index in [1.165, 1.54) is 0 Å². The van der Waals surface area contributed by atoms with Crippen molar-refractivity contribution >= 4 is 5.91 Å². The van der Waals surface area contributed by atoms with Crippen LogP contribution in [0.4, 0.5) is 0 Å². The standard InChI is InChI=1S/C15H22N2O2/c1-10-7-13(5-6-14(10)18)15(19)17-9-12(8-16)4-3-11(17)2/h5-7,11-12,18H,3-4,8-9,16H2,1-2H3. The molecular formula is C15H22N2O2. The molecule has 4 nitrogen and oxygen atoms in total. The van der Waals surface area contributed by atoms with Crippen LogP contribution in [0.1, 0.15) is 35.7 Å². The van der Waals surface area contributed by atoms with E-state index in [1.54, 1.807) is 25.1 Å². The first-order chi connectivity index (χ1) is 9.02. The summed E-state index contributed by atoms with van der Waals surface area (Å²) >= 11 is 0. The Morgan fingerprint density at radius 3 is 2.84 bits per heavy atom. The van der Waals surface area contributed by atoms with Crippen LogP contribution in [-0.2, 0) is 0 Å². The molecule has 104 valence electrons. The van der Waals surface area contributed by atoms with Crippen molar-refractivity contribution in [1.82, 2.24) is 4.90 Å². The molecule has 19 heavy (non-hydrogen) atoms. The van der Waals surface area contributed by atoms with Gasteiger partial charge in [-0.25, -0.2) is 0 Å². The number of amides is 1. The molecule has 0 aliphatic carbocycles. The second-order valence-electron chi connectivity index (χ2n) is 5.49. The zero-order chi connectivity index (χ0) is 14.0. The van der Waals surface area contributed by atoms with Crippen LogP contribution in [0.2, 0.25) is 0 Å². The first-order valence-electron chi connectivity index (χ1n) is 6.83. The van der Waals surface area contributed by atoms with E-state index < -0.39 is 0 Å². The van der Waals surface area contributed by atoms with Gasteiger partial charge in [0.1, 0.15) is 5.75 Å². The van der Waals surface area contributed by atoms with E-state index in [9.17, 15) is 9.90 Å². The summed E-state index contributed by atoms with van der Waals surface area (Å²) in [5.74, 6) is 0.662. The topological polar surface area (TPSA) is 66.6 Å². The maximum absolute atomic E-state index is 12.5. The number of likely N-dealkylation sites (tertiary alicyclic amines) is 1. The van der Waals surface area contributed by atoms with Crippen LogP contribution in [0.3, 0.4) is 0 Å². The molecule has 2 rings (SSSR count). The highest BCUT2D eigenvalue weighted by Crippen LogP contribution is 2.24. The summed E-state index contributed by atoms with van der Waals surface area (Å²) in [5, 5.41) is 9.53. The van der Waals surface area contributed by atoms with Crippen molar-refractivity contribution in [2.24, 2.45) is 11.7 Å². The quantitative estimate of drug-likeness (QED) is 0.855. The molecule has 0 aromatic heterocycles. The number of carbonyl (C=O) groups excluding carboxylic acids is 1. The SMILES string of the molecule is Cc1cc(C(=O)N2CC(CN)CCC2C)ccc1O. The summed E-state index contributed by atoms with van der Waals surface area (Å²) in [6.07, 6.45) is 2.10. The van der Waals surface area contributed by atoms with Crippen LogP contribution >= 0.6 is 0 Å². The molecular weight excluding hydrogens is 240 g/mol. The Bertz CT molecular complexity index is 473. The lowest BCUT2D eigenvalue weighted by Gasteiger charge is -2.37. The fourth-order valence-corrected chi connectivity index (χ4v) is 2.61. The van der Waals surface area contributed by atoms with Gasteiger partial charge in [0.05, 0.1) is 0 Å². The van der Waals surface area contributed by atoms with Crippen molar-refractivity contribution in [2.75, 3.05) is 13.1 Å². The number of phenols is 1. The van der Waals surface area contributed by atoms with Crippen LogP contribution in [0, 0.1) is 12.8 Å². The van der Waals surface area contributed by atoms with Gasteiger partial charge in [-0.05, 0) is 62.9 Å². The van der Waals surface area contributed by atoms with Gasteiger partial charge in [0, 0.05) is 18.2 Å². The number of benzene rings is 1. The number of hydrogen-bond donors (Lipinski definition) is 2. The van der Waals surface area contributed by atoms with E-state index in [0.717, 1.165) is 24.9 Å². The predicted octanol–water partition coefficient (Wildman–Crippen LogP) is 1.90. The minimum absolute atomic E-state index is 0.0359. The number of nitrogens with two attached hydrogens (primary N) is 1. The van der Waals surface area contributed by atoms with Crippen LogP contribution in [0.5, 0.6) is 5.75 Å². The molecule has 1 saturated heterocycles. The minimum Gasteiger partial charge on any atom is -0.508 e. The predicted molar refractivity (Wildman–Crippen MR) is 75.1 cm³/mol. The number of nitrogens with zero attached hydrogens (tertiary/aromatic N) is 1. The van der Waals surface area contributed by atoms with Gasteiger partial charge in [-0.15, -0.1) is 0 Å². The Morgan fingerprint density at radius 1 is 1.47 bits per heavy atom. The molecule has 0 bridgehead atoms. The normalized spacial score (nSPS) is 23.4. The summed E-state index contributed by atoms with van der Waals surface area (Å²) in [6.45, 7) is 5.24. The molecule has 1 aromatic rings. The van der Waals surface area contributed by atoms with E-state index in [-0.39, 0.29) is 17.7 Å². The van der Waals surface area contributed by atoms with Crippen molar-refractivity contribution < 1.29 is 9.90 Å². The first-order valence-corrected chi connectivity index (χ1v) is 6.83. The molecule has 0 radical (unpaired) electrons. The molecule has 0 spiro atoms. The van der Waals surface area contributed by atoms with Gasteiger partial charge in [0.15, 0.2) is 0 Å². The largest absolute Gasteiger partial charge is 0.508 e. The molecule has 1 aromatic carbocycles. The average molecular weight is 262 g/mol. The van der Waals surface area contributed by atoms with Gasteiger partial charge in [-0.2, -0.15) is 0 Å². The highest BCUT2D eigenvalue weighted by atomic mass is 16.3. The van der Waals surface area contributed by atoms with E-state index in [0.29, 0.717) is 18.0 Å². The van der Waals surface area contributed by atoms with Crippen LogP contribution in [0.25, 0.3) is 0 Å². The maximum atomic E-state index is 12.5. The lowest BCUT2D eigenvalue weighted by molar-refractivity contribution is 0.0567. The highest BCUT2D eigenvalue weighted by molar-refractivity contribution is 5.94. The molecule has 2 atom stereocenters. The molecule has 3 N–H and O–H groups in total. The molecule has 4 heteroatoms. The van der Waals surface area contributed by atoms with Crippen LogP contribution in [-0.4, -0.2) is 35.0 Å². The van der Waals surface area contributed by atoms with Gasteiger partial charge in [0.2, 0.25) is 0 Å². The van der Waals surface area contributed by atoms with Crippen LogP contribution in [0.15, 0.2) is 18.2 Å². The lowest BCUT2D eigenvalue weighted by Crippen LogP contribution is -2.47. The average Bonchev–Trinajstić information content (AvgIpc) is 2.41. The summed E-state index contributed by atoms with van der Waals surface area (Å²) < 4.78 is 0. The summed E-state index contributed by atoms with van der Waals surface area (Å²) in [5.41, 5.74) is 7.09. The Kier molecular flexibility index (Phi) is 4.10. The van der Waals surface area contributed by atoms with E-state index in [4.69, 9.17) is 5.73 Å². The Morgan fingerprint density at radius 2 is 2.21 bits per heavy atom. The smallest absolute Gasteiger partial charge is 0.254 e. The van der Waals surface area contributed by atoms with Gasteiger partial charge < -0.3 is 15.7 Å². The Hall–Kier alpha value is -1.55. The number of piperidine rings is 1. The number of phenolic OH excluding ortho intramolecular Hbond substituents is 1. The van der Waals surface area contributed by atoms with Crippen molar-refractivity contribution in [3.63, 3.8) is 0 Å². The molecule has 1 amide bonds. The summed E-state index contributed by atoms with van der Waals surface area (Å²) in [6, 6.07) is 5.27. The van der Waals surface area contributed by atoms with Crippen molar-refractivity contribution in [1.29, 1.82) is 0 Å². The highest BCUT2D eigenvalue weighted by Gasteiger charge is 2.29. The number of rotatable bonds is 2. The van der Waals surface area contributed by atoms with Gasteiger partial charge in [0.25, 0.3) is 5.91 Å². The van der Waals surface area contributed by atoms with Gasteiger partial charge >= 0.3 is 0 Å². The fourth-order valence-electron chi connectivity index (χ4n) is 2.61. The minimum atomic E-state index is 0.0359. The fraction of sp³-hybridized carbons (Fsp3) is 0.533. The van der Waals surface area contributed by atoms with Crippen molar-refractivity contribution in [3.8, 4) is 5.75 Å². The monoisotopic (exact) mass is 262 g/mol. The third kappa shape index (κ3) is 2.89. The molecule has 0 saturated carbocycles. The van der Waals surface area contributed by atoms with Crippen LogP contribution < -0.4 is 5.73 Å². The summed E-state index contributed by atoms with van der Waals surface area (Å²) in [4.78, 5) is 14.4. The first kappa shape index (κ1) is 13.9.